The van der Waals surface area contributed by atoms with Crippen LogP contribution in [-0.2, 0) is 11.8 Å². The summed E-state index contributed by atoms with van der Waals surface area (Å²) in [5.41, 5.74) is 1.51. The lowest BCUT2D eigenvalue weighted by Crippen LogP contribution is -2.26. The third kappa shape index (κ3) is 6.90. The number of rotatable bonds is 15. The van der Waals surface area contributed by atoms with E-state index in [-0.39, 0.29) is 0 Å². The van der Waals surface area contributed by atoms with Crippen molar-refractivity contribution in [3.8, 4) is 29.1 Å². The molecule has 0 saturated carbocycles. The van der Waals surface area contributed by atoms with Gasteiger partial charge in [-0.2, -0.15) is 5.26 Å². The number of aryl methyl sites for hydroxylation is 1. The summed E-state index contributed by atoms with van der Waals surface area (Å²) in [5.74, 6) is 2.79. The number of benzene rings is 2. The number of ether oxygens (including phenoxy) is 4. The van der Waals surface area contributed by atoms with E-state index in [1.54, 1.807) is 28.4 Å². The molecule has 6 nitrogen and oxygen atoms in total. The monoisotopic (exact) mass is 452 g/mol. The number of allylic oxidation sites excluding steroid dienone is 1. The zero-order valence-corrected chi connectivity index (χ0v) is 20.3. The lowest BCUT2D eigenvalue weighted by Gasteiger charge is -2.27. The number of hydrogen-bond acceptors (Lipinski definition) is 6. The van der Waals surface area contributed by atoms with Gasteiger partial charge in [-0.3, -0.25) is 0 Å². The first kappa shape index (κ1) is 26.1. The molecule has 1 atom stereocenters. The SMILES string of the molecule is C=CC[C@@](C#N)(CCCNCCCc1ccc(OC)c(OC)c1)c1ccc(OC)c(OC)c1. The van der Waals surface area contributed by atoms with E-state index in [4.69, 9.17) is 18.9 Å². The zero-order valence-electron chi connectivity index (χ0n) is 20.3. The maximum absolute atomic E-state index is 10.1. The molecule has 0 aromatic heterocycles. The van der Waals surface area contributed by atoms with E-state index in [1.165, 1.54) is 5.56 Å². The Labute approximate surface area is 198 Å². The summed E-state index contributed by atoms with van der Waals surface area (Å²) in [6.07, 6.45) is 5.98. The van der Waals surface area contributed by atoms with Gasteiger partial charge < -0.3 is 24.3 Å². The Bertz CT molecular complexity index is 938. The van der Waals surface area contributed by atoms with Gasteiger partial charge in [0.15, 0.2) is 23.0 Å². The number of nitrogens with one attached hydrogen (secondary N) is 1. The van der Waals surface area contributed by atoms with Gasteiger partial charge in [-0.15, -0.1) is 6.58 Å². The molecule has 0 saturated heterocycles. The molecule has 0 spiro atoms. The maximum atomic E-state index is 10.1. The van der Waals surface area contributed by atoms with Crippen molar-refractivity contribution in [1.82, 2.24) is 5.32 Å². The highest BCUT2D eigenvalue weighted by atomic mass is 16.5. The second kappa shape index (κ2) is 13.4. The molecule has 0 heterocycles. The normalized spacial score (nSPS) is 12.3. The fourth-order valence-corrected chi connectivity index (χ4v) is 4.00. The third-order valence-corrected chi connectivity index (χ3v) is 5.87. The van der Waals surface area contributed by atoms with Gasteiger partial charge in [-0.05, 0) is 80.6 Å². The minimum Gasteiger partial charge on any atom is -0.493 e. The summed E-state index contributed by atoms with van der Waals surface area (Å²) in [4.78, 5) is 0. The van der Waals surface area contributed by atoms with E-state index < -0.39 is 5.41 Å². The summed E-state index contributed by atoms with van der Waals surface area (Å²) in [5, 5.41) is 13.6. The van der Waals surface area contributed by atoms with Crippen LogP contribution < -0.4 is 24.3 Å². The van der Waals surface area contributed by atoms with Gasteiger partial charge >= 0.3 is 0 Å². The van der Waals surface area contributed by atoms with Crippen LogP contribution >= 0.6 is 0 Å². The van der Waals surface area contributed by atoms with Crippen molar-refractivity contribution < 1.29 is 18.9 Å². The Morgan fingerprint density at radius 3 is 2.09 bits per heavy atom. The molecule has 178 valence electrons. The second-order valence-electron chi connectivity index (χ2n) is 7.90. The average Bonchev–Trinajstić information content (AvgIpc) is 2.86. The van der Waals surface area contributed by atoms with Gasteiger partial charge in [0.25, 0.3) is 0 Å². The van der Waals surface area contributed by atoms with Crippen molar-refractivity contribution in [1.29, 1.82) is 5.26 Å². The third-order valence-electron chi connectivity index (χ3n) is 5.87. The summed E-state index contributed by atoms with van der Waals surface area (Å²) in [6.45, 7) is 5.63. The molecule has 0 fully saturated rings. The molecule has 6 heteroatoms. The predicted octanol–water partition coefficient (Wildman–Crippen LogP) is 5.06. The standard InChI is InChI=1S/C27H36N2O4/c1-6-14-27(20-28,22-11-13-24(31-3)26(19-22)33-5)15-8-17-29-16-7-9-21-10-12-23(30-2)25(18-21)32-4/h6,10-13,18-19,29H,1,7-9,14-17H2,2-5H3/t27-/m0/s1. The van der Waals surface area contributed by atoms with E-state index in [0.29, 0.717) is 17.9 Å². The van der Waals surface area contributed by atoms with Crippen molar-refractivity contribution in [2.45, 2.75) is 37.5 Å². The van der Waals surface area contributed by atoms with Crippen LogP contribution in [0.5, 0.6) is 23.0 Å². The number of nitrogens with zero attached hydrogens (tertiary/aromatic N) is 1. The molecule has 0 unspecified atom stereocenters. The summed E-state index contributed by atoms with van der Waals surface area (Å²) in [7, 11) is 6.51. The maximum Gasteiger partial charge on any atom is 0.161 e. The van der Waals surface area contributed by atoms with Crippen LogP contribution in [0, 0.1) is 11.3 Å². The molecule has 0 aliphatic rings. The van der Waals surface area contributed by atoms with Gasteiger partial charge in [0.2, 0.25) is 0 Å². The Kier molecular flexibility index (Phi) is 10.6. The van der Waals surface area contributed by atoms with Crippen molar-refractivity contribution in [3.05, 3.63) is 60.2 Å². The van der Waals surface area contributed by atoms with Crippen LogP contribution in [0.1, 0.15) is 36.8 Å². The lowest BCUT2D eigenvalue weighted by molar-refractivity contribution is 0.353. The van der Waals surface area contributed by atoms with Crippen LogP contribution in [0.4, 0.5) is 0 Å². The smallest absolute Gasteiger partial charge is 0.161 e. The van der Waals surface area contributed by atoms with Gasteiger partial charge in [0.05, 0.1) is 39.9 Å². The molecule has 0 amide bonds. The molecule has 2 rings (SSSR count). The van der Waals surface area contributed by atoms with Crippen LogP contribution in [0.15, 0.2) is 49.1 Å². The van der Waals surface area contributed by atoms with Crippen LogP contribution in [-0.4, -0.2) is 41.5 Å². The highest BCUT2D eigenvalue weighted by molar-refractivity contribution is 5.47. The molecule has 0 bridgehead atoms. The Hall–Kier alpha value is -3.17. The molecular formula is C27H36N2O4. The number of hydrogen-bond donors (Lipinski definition) is 1. The highest BCUT2D eigenvalue weighted by Crippen LogP contribution is 2.38. The van der Waals surface area contributed by atoms with Crippen LogP contribution in [0.25, 0.3) is 0 Å². The molecule has 2 aromatic rings. The van der Waals surface area contributed by atoms with E-state index in [0.717, 1.165) is 55.8 Å². The fraction of sp³-hybridized carbons (Fsp3) is 0.444. The highest BCUT2D eigenvalue weighted by Gasteiger charge is 2.31. The first-order chi connectivity index (χ1) is 16.1. The van der Waals surface area contributed by atoms with Crippen molar-refractivity contribution in [2.24, 2.45) is 0 Å². The minimum absolute atomic E-state index is 0.582. The quantitative estimate of drug-likeness (QED) is 0.301. The van der Waals surface area contributed by atoms with Gasteiger partial charge in [-0.1, -0.05) is 18.2 Å². The molecule has 33 heavy (non-hydrogen) atoms. The first-order valence-electron chi connectivity index (χ1n) is 11.2. The predicted molar refractivity (Wildman–Crippen MR) is 132 cm³/mol. The van der Waals surface area contributed by atoms with Gasteiger partial charge in [0, 0.05) is 0 Å². The summed E-state index contributed by atoms with van der Waals surface area (Å²) >= 11 is 0. The van der Waals surface area contributed by atoms with E-state index in [9.17, 15) is 5.26 Å². The second-order valence-corrected chi connectivity index (χ2v) is 7.90. The van der Waals surface area contributed by atoms with E-state index in [2.05, 4.69) is 24.0 Å². The van der Waals surface area contributed by atoms with E-state index >= 15 is 0 Å². The molecule has 2 aromatic carbocycles. The Morgan fingerprint density at radius 1 is 0.879 bits per heavy atom. The molecule has 0 radical (unpaired) electrons. The average molecular weight is 453 g/mol. The van der Waals surface area contributed by atoms with E-state index in [1.807, 2.05) is 36.4 Å². The molecular weight excluding hydrogens is 416 g/mol. The first-order valence-corrected chi connectivity index (χ1v) is 11.2. The summed E-state index contributed by atoms with van der Waals surface area (Å²) < 4.78 is 21.4. The molecule has 1 N–H and O–H groups in total. The Balaban J connectivity index is 1.87. The number of nitriles is 1. The number of methoxy groups -OCH3 is 4. The lowest BCUT2D eigenvalue weighted by atomic mass is 9.75. The molecule has 0 aliphatic heterocycles. The minimum atomic E-state index is -0.636. The van der Waals surface area contributed by atoms with Crippen molar-refractivity contribution in [3.63, 3.8) is 0 Å². The zero-order chi connectivity index (χ0) is 24.1. The van der Waals surface area contributed by atoms with Crippen molar-refractivity contribution in [2.75, 3.05) is 41.5 Å². The summed E-state index contributed by atoms with van der Waals surface area (Å²) in [6, 6.07) is 14.3. The van der Waals surface area contributed by atoms with Gasteiger partial charge in [0.1, 0.15) is 0 Å². The molecule has 0 aliphatic carbocycles. The van der Waals surface area contributed by atoms with Gasteiger partial charge in [-0.25, -0.2) is 0 Å². The largest absolute Gasteiger partial charge is 0.493 e. The fourth-order valence-electron chi connectivity index (χ4n) is 4.00. The topological polar surface area (TPSA) is 72.7 Å². The van der Waals surface area contributed by atoms with Crippen LogP contribution in [0.2, 0.25) is 0 Å². The van der Waals surface area contributed by atoms with Crippen LogP contribution in [0.3, 0.4) is 0 Å². The Morgan fingerprint density at radius 2 is 1.48 bits per heavy atom. The van der Waals surface area contributed by atoms with Crippen molar-refractivity contribution >= 4 is 0 Å².